The van der Waals surface area contributed by atoms with Gasteiger partial charge in [0.15, 0.2) is 9.84 Å². The van der Waals surface area contributed by atoms with Crippen LogP contribution in [0.5, 0.6) is 0 Å². The van der Waals surface area contributed by atoms with Gasteiger partial charge in [-0.05, 0) is 12.8 Å². The molecule has 78 valence electrons. The van der Waals surface area contributed by atoms with Crippen LogP contribution in [0.1, 0.15) is 19.3 Å². The molecule has 13 heavy (non-hydrogen) atoms. The van der Waals surface area contributed by atoms with Crippen LogP contribution in [0.4, 0.5) is 0 Å². The second-order valence-corrected chi connectivity index (χ2v) is 5.76. The fourth-order valence-electron chi connectivity index (χ4n) is 1.69. The Bertz CT molecular complexity index is 247. The lowest BCUT2D eigenvalue weighted by molar-refractivity contribution is 0.0590. The summed E-state index contributed by atoms with van der Waals surface area (Å²) in [6.45, 7) is 0.101. The Kier molecular flexibility index (Phi) is 3.70. The van der Waals surface area contributed by atoms with Gasteiger partial charge in [-0.15, -0.1) is 0 Å². The maximum Gasteiger partial charge on any atom is 0.155 e. The Labute approximate surface area is 78.8 Å². The van der Waals surface area contributed by atoms with Crippen molar-refractivity contribution >= 4 is 9.84 Å². The van der Waals surface area contributed by atoms with E-state index in [2.05, 4.69) is 0 Å². The molecular formula is C8H16O4S. The molecule has 4 nitrogen and oxygen atoms in total. The van der Waals surface area contributed by atoms with Gasteiger partial charge >= 0.3 is 0 Å². The minimum Gasteiger partial charge on any atom is -0.389 e. The number of aliphatic hydroxyl groups excluding tert-OH is 1. The molecule has 5 heteroatoms. The van der Waals surface area contributed by atoms with Crippen LogP contribution >= 0.6 is 0 Å². The first-order chi connectivity index (χ1) is 6.08. The normalized spacial score (nSPS) is 29.8. The first-order valence-corrected chi connectivity index (χ1v) is 6.18. The van der Waals surface area contributed by atoms with Gasteiger partial charge in [-0.1, -0.05) is 6.42 Å². The molecule has 0 spiro atoms. The average Bonchev–Trinajstić information content (AvgIpc) is 2.03. The molecule has 1 rings (SSSR count). The summed E-state index contributed by atoms with van der Waals surface area (Å²) in [7, 11) is -1.62. The fourth-order valence-corrected chi connectivity index (χ4v) is 3.68. The number of rotatable bonds is 3. The van der Waals surface area contributed by atoms with E-state index in [0.29, 0.717) is 6.42 Å². The lowest BCUT2D eigenvalue weighted by atomic mass is 10.1. The monoisotopic (exact) mass is 208 g/mol. The molecule has 0 amide bonds. The largest absolute Gasteiger partial charge is 0.389 e. The molecule has 1 aliphatic heterocycles. The highest BCUT2D eigenvalue weighted by Crippen LogP contribution is 2.22. The van der Waals surface area contributed by atoms with Gasteiger partial charge < -0.3 is 9.84 Å². The molecule has 0 saturated carbocycles. The topological polar surface area (TPSA) is 63.6 Å². The zero-order valence-corrected chi connectivity index (χ0v) is 8.59. The molecule has 1 heterocycles. The van der Waals surface area contributed by atoms with E-state index in [9.17, 15) is 13.5 Å². The van der Waals surface area contributed by atoms with Crippen molar-refractivity contribution in [2.24, 2.45) is 0 Å². The standard InChI is InChI=1S/C8H16O4S/c1-12-6-7(9)8-4-2-3-5-13(8,10)11/h7-9H,2-6H2,1H3. The molecule has 0 radical (unpaired) electrons. The van der Waals surface area contributed by atoms with Gasteiger partial charge in [0, 0.05) is 7.11 Å². The van der Waals surface area contributed by atoms with Crippen molar-refractivity contribution in [3.05, 3.63) is 0 Å². The van der Waals surface area contributed by atoms with Crippen molar-refractivity contribution in [3.8, 4) is 0 Å². The molecule has 0 bridgehead atoms. The van der Waals surface area contributed by atoms with Crippen molar-refractivity contribution in [2.45, 2.75) is 30.6 Å². The molecule has 1 fully saturated rings. The average molecular weight is 208 g/mol. The predicted octanol–water partition coefficient (Wildman–Crippen LogP) is -0.0390. The highest BCUT2D eigenvalue weighted by Gasteiger charge is 2.34. The van der Waals surface area contributed by atoms with Crippen LogP contribution in [0, 0.1) is 0 Å². The second-order valence-electron chi connectivity index (χ2n) is 3.42. The summed E-state index contributed by atoms with van der Waals surface area (Å²) in [5.74, 6) is 0.207. The van der Waals surface area contributed by atoms with Gasteiger partial charge in [0.2, 0.25) is 0 Å². The van der Waals surface area contributed by atoms with Crippen LogP contribution in [-0.4, -0.2) is 44.3 Å². The number of aliphatic hydroxyl groups is 1. The first-order valence-electron chi connectivity index (χ1n) is 4.46. The number of methoxy groups -OCH3 is 1. The lowest BCUT2D eigenvalue weighted by Crippen LogP contribution is -2.40. The van der Waals surface area contributed by atoms with E-state index in [1.807, 2.05) is 0 Å². The SMILES string of the molecule is COCC(O)C1CCCCS1(=O)=O. The quantitative estimate of drug-likeness (QED) is 0.707. The van der Waals surface area contributed by atoms with Crippen molar-refractivity contribution in [1.29, 1.82) is 0 Å². The summed E-state index contributed by atoms with van der Waals surface area (Å²) in [5.41, 5.74) is 0. The molecule has 1 N–H and O–H groups in total. The summed E-state index contributed by atoms with van der Waals surface area (Å²) < 4.78 is 27.7. The predicted molar refractivity (Wildman–Crippen MR) is 49.3 cm³/mol. The van der Waals surface area contributed by atoms with Crippen molar-refractivity contribution in [1.82, 2.24) is 0 Å². The van der Waals surface area contributed by atoms with Gasteiger partial charge in [0.05, 0.1) is 23.7 Å². The zero-order valence-electron chi connectivity index (χ0n) is 7.77. The Balaban J connectivity index is 2.65. The van der Waals surface area contributed by atoms with E-state index in [4.69, 9.17) is 4.74 Å². The Morgan fingerprint density at radius 1 is 1.54 bits per heavy atom. The maximum absolute atomic E-state index is 11.5. The summed E-state index contributed by atoms with van der Waals surface area (Å²) in [4.78, 5) is 0. The van der Waals surface area contributed by atoms with Crippen molar-refractivity contribution in [2.75, 3.05) is 19.5 Å². The molecule has 0 aromatic heterocycles. The van der Waals surface area contributed by atoms with Crippen LogP contribution in [0.15, 0.2) is 0 Å². The minimum atomic E-state index is -3.07. The number of hydrogen-bond donors (Lipinski definition) is 1. The highest BCUT2D eigenvalue weighted by molar-refractivity contribution is 7.92. The second kappa shape index (κ2) is 4.39. The first kappa shape index (κ1) is 10.9. The Hall–Kier alpha value is -0.130. The van der Waals surface area contributed by atoms with Crippen LogP contribution in [0.25, 0.3) is 0 Å². The fraction of sp³-hybridized carbons (Fsp3) is 1.00. The van der Waals surface area contributed by atoms with Gasteiger partial charge in [-0.2, -0.15) is 0 Å². The van der Waals surface area contributed by atoms with E-state index in [-0.39, 0.29) is 12.4 Å². The van der Waals surface area contributed by atoms with E-state index in [0.717, 1.165) is 12.8 Å². The molecule has 1 saturated heterocycles. The third kappa shape index (κ3) is 2.65. The van der Waals surface area contributed by atoms with Gasteiger partial charge in [0.1, 0.15) is 0 Å². The molecule has 0 aliphatic carbocycles. The summed E-state index contributed by atoms with van der Waals surface area (Å²) in [6, 6.07) is 0. The number of hydrogen-bond acceptors (Lipinski definition) is 4. The molecule has 2 unspecified atom stereocenters. The van der Waals surface area contributed by atoms with Crippen LogP contribution in [0.3, 0.4) is 0 Å². The smallest absolute Gasteiger partial charge is 0.155 e. The van der Waals surface area contributed by atoms with Crippen LogP contribution < -0.4 is 0 Å². The third-order valence-corrected chi connectivity index (χ3v) is 4.73. The van der Waals surface area contributed by atoms with Gasteiger partial charge in [-0.25, -0.2) is 8.42 Å². The number of ether oxygens (including phenoxy) is 1. The van der Waals surface area contributed by atoms with E-state index < -0.39 is 21.2 Å². The van der Waals surface area contributed by atoms with Crippen LogP contribution in [0.2, 0.25) is 0 Å². The molecule has 1 aliphatic rings. The van der Waals surface area contributed by atoms with Crippen molar-refractivity contribution < 1.29 is 18.3 Å². The van der Waals surface area contributed by atoms with E-state index in [1.54, 1.807) is 0 Å². The summed E-state index contributed by atoms with van der Waals surface area (Å²) in [6.07, 6.45) is 1.30. The lowest BCUT2D eigenvalue weighted by Gasteiger charge is -2.26. The van der Waals surface area contributed by atoms with Crippen molar-refractivity contribution in [3.63, 3.8) is 0 Å². The molecule has 0 aromatic rings. The molecule has 2 atom stereocenters. The van der Waals surface area contributed by atoms with Gasteiger partial charge in [-0.3, -0.25) is 0 Å². The van der Waals surface area contributed by atoms with Crippen LogP contribution in [-0.2, 0) is 14.6 Å². The van der Waals surface area contributed by atoms with E-state index >= 15 is 0 Å². The molecular weight excluding hydrogens is 192 g/mol. The third-order valence-electron chi connectivity index (χ3n) is 2.40. The zero-order chi connectivity index (χ0) is 9.90. The maximum atomic E-state index is 11.5. The summed E-state index contributed by atoms with van der Waals surface area (Å²) >= 11 is 0. The van der Waals surface area contributed by atoms with Gasteiger partial charge in [0.25, 0.3) is 0 Å². The minimum absolute atomic E-state index is 0.101. The molecule has 0 aromatic carbocycles. The summed E-state index contributed by atoms with van der Waals surface area (Å²) in [5, 5.41) is 8.90. The Morgan fingerprint density at radius 2 is 2.23 bits per heavy atom. The highest BCUT2D eigenvalue weighted by atomic mass is 32.2. The van der Waals surface area contributed by atoms with E-state index in [1.165, 1.54) is 7.11 Å². The number of sulfone groups is 1. The Morgan fingerprint density at radius 3 is 2.77 bits per heavy atom.